The number of hydrogen-bond donors (Lipinski definition) is 0. The van der Waals surface area contributed by atoms with E-state index >= 15 is 0 Å². The molecule has 0 radical (unpaired) electrons. The van der Waals surface area contributed by atoms with Gasteiger partial charge in [0.25, 0.3) is 0 Å². The third kappa shape index (κ3) is 2.77. The summed E-state index contributed by atoms with van der Waals surface area (Å²) >= 11 is 0. The second kappa shape index (κ2) is 4.89. The molecule has 0 amide bonds. The van der Waals surface area contributed by atoms with Gasteiger partial charge in [-0.2, -0.15) is 0 Å². The molecule has 0 fully saturated rings. The summed E-state index contributed by atoms with van der Waals surface area (Å²) in [5.74, 6) is 0.247. The topological polar surface area (TPSA) is 26.3 Å². The number of carbonyl (C=O) groups is 1. The summed E-state index contributed by atoms with van der Waals surface area (Å²) in [6, 6.07) is 10.00. The van der Waals surface area contributed by atoms with Crippen molar-refractivity contribution in [2.24, 2.45) is 5.92 Å². The van der Waals surface area contributed by atoms with Gasteiger partial charge in [-0.15, -0.1) is 0 Å². The van der Waals surface area contributed by atoms with Gasteiger partial charge < -0.3 is 4.74 Å². The van der Waals surface area contributed by atoms with Crippen LogP contribution in [0.5, 0.6) is 0 Å². The molecule has 2 nitrogen and oxygen atoms in total. The van der Waals surface area contributed by atoms with E-state index in [4.69, 9.17) is 4.74 Å². The van der Waals surface area contributed by atoms with Crippen LogP contribution in [0.15, 0.2) is 42.5 Å². The van der Waals surface area contributed by atoms with Crippen molar-refractivity contribution in [3.05, 3.63) is 48.0 Å². The summed E-state index contributed by atoms with van der Waals surface area (Å²) in [7, 11) is 0. The maximum atomic E-state index is 11.2. The first-order valence-corrected chi connectivity index (χ1v) is 5.18. The molecule has 1 atom stereocenters. The monoisotopic (exact) mass is 202 g/mol. The van der Waals surface area contributed by atoms with Crippen molar-refractivity contribution in [1.82, 2.24) is 0 Å². The molecular weight excluding hydrogens is 188 g/mol. The Morgan fingerprint density at radius 2 is 2.07 bits per heavy atom. The van der Waals surface area contributed by atoms with E-state index < -0.39 is 0 Å². The van der Waals surface area contributed by atoms with Crippen molar-refractivity contribution in [2.45, 2.75) is 13.0 Å². The fraction of sp³-hybridized carbons (Fsp3) is 0.308. The van der Waals surface area contributed by atoms with Gasteiger partial charge in [-0.25, -0.2) is 0 Å². The maximum absolute atomic E-state index is 11.2. The van der Waals surface area contributed by atoms with Crippen LogP contribution in [0.3, 0.4) is 0 Å². The zero-order valence-electron chi connectivity index (χ0n) is 8.56. The van der Waals surface area contributed by atoms with Crippen molar-refractivity contribution >= 4 is 5.78 Å². The number of benzene rings is 1. The van der Waals surface area contributed by atoms with Gasteiger partial charge in [0.05, 0.1) is 13.2 Å². The fourth-order valence-electron chi connectivity index (χ4n) is 1.64. The first-order chi connectivity index (χ1) is 7.36. The van der Waals surface area contributed by atoms with Crippen molar-refractivity contribution in [3.8, 4) is 0 Å². The molecule has 78 valence electrons. The van der Waals surface area contributed by atoms with Gasteiger partial charge in [0, 0.05) is 5.92 Å². The van der Waals surface area contributed by atoms with Gasteiger partial charge in [0.2, 0.25) is 0 Å². The van der Waals surface area contributed by atoms with Crippen LogP contribution in [0.2, 0.25) is 0 Å². The number of carbonyl (C=O) groups excluding carboxylic acids is 1. The summed E-state index contributed by atoms with van der Waals surface area (Å²) in [5.41, 5.74) is 1.15. The SMILES string of the molecule is O=C1C=CC[C@H]1COCc1ccccc1. The second-order valence-electron chi connectivity index (χ2n) is 3.74. The van der Waals surface area contributed by atoms with E-state index in [1.165, 1.54) is 0 Å². The minimum atomic E-state index is 0.0497. The number of ketones is 1. The van der Waals surface area contributed by atoms with E-state index in [1.807, 2.05) is 36.4 Å². The highest BCUT2D eigenvalue weighted by molar-refractivity contribution is 5.94. The molecular formula is C13H14O2. The molecule has 15 heavy (non-hydrogen) atoms. The average molecular weight is 202 g/mol. The van der Waals surface area contributed by atoms with Gasteiger partial charge in [-0.05, 0) is 18.1 Å². The molecule has 1 aliphatic rings. The van der Waals surface area contributed by atoms with Gasteiger partial charge in [-0.3, -0.25) is 4.79 Å². The molecule has 0 unspecified atom stereocenters. The minimum absolute atomic E-state index is 0.0497. The molecule has 1 aromatic rings. The van der Waals surface area contributed by atoms with Crippen LogP contribution >= 0.6 is 0 Å². The quantitative estimate of drug-likeness (QED) is 0.749. The third-order valence-corrected chi connectivity index (χ3v) is 2.54. The third-order valence-electron chi connectivity index (χ3n) is 2.54. The average Bonchev–Trinajstić information content (AvgIpc) is 2.66. The van der Waals surface area contributed by atoms with E-state index in [1.54, 1.807) is 6.08 Å². The molecule has 0 bridgehead atoms. The number of hydrogen-bond acceptors (Lipinski definition) is 2. The first kappa shape index (κ1) is 10.1. The summed E-state index contributed by atoms with van der Waals surface area (Å²) in [5, 5.41) is 0. The Hall–Kier alpha value is -1.41. The van der Waals surface area contributed by atoms with Crippen LogP contribution in [-0.4, -0.2) is 12.4 Å². The normalized spacial score (nSPS) is 19.7. The lowest BCUT2D eigenvalue weighted by Gasteiger charge is -2.08. The standard InChI is InChI=1S/C13H14O2/c14-13-8-4-7-12(13)10-15-9-11-5-2-1-3-6-11/h1-6,8,12H,7,9-10H2/t12-/m0/s1. The van der Waals surface area contributed by atoms with E-state index in [0.717, 1.165) is 12.0 Å². The van der Waals surface area contributed by atoms with Crippen molar-refractivity contribution in [2.75, 3.05) is 6.61 Å². The Morgan fingerprint density at radius 1 is 1.27 bits per heavy atom. The maximum Gasteiger partial charge on any atom is 0.161 e. The molecule has 0 aromatic heterocycles. The highest BCUT2D eigenvalue weighted by Gasteiger charge is 2.19. The second-order valence-corrected chi connectivity index (χ2v) is 3.74. The zero-order chi connectivity index (χ0) is 10.5. The van der Waals surface area contributed by atoms with Crippen LogP contribution < -0.4 is 0 Å². The number of ether oxygens (including phenoxy) is 1. The van der Waals surface area contributed by atoms with Gasteiger partial charge in [0.1, 0.15) is 0 Å². The van der Waals surface area contributed by atoms with Crippen LogP contribution in [0, 0.1) is 5.92 Å². The molecule has 2 rings (SSSR count). The molecule has 0 aliphatic heterocycles. The van der Waals surface area contributed by atoms with E-state index in [9.17, 15) is 4.79 Å². The molecule has 2 heteroatoms. The summed E-state index contributed by atoms with van der Waals surface area (Å²) in [4.78, 5) is 11.2. The molecule has 1 aromatic carbocycles. The predicted molar refractivity (Wildman–Crippen MR) is 58.4 cm³/mol. The van der Waals surface area contributed by atoms with E-state index in [2.05, 4.69) is 0 Å². The summed E-state index contributed by atoms with van der Waals surface area (Å²) in [6.07, 6.45) is 4.39. The molecule has 0 spiro atoms. The number of rotatable bonds is 4. The fourth-order valence-corrected chi connectivity index (χ4v) is 1.64. The molecule has 0 saturated carbocycles. The van der Waals surface area contributed by atoms with Crippen molar-refractivity contribution in [1.29, 1.82) is 0 Å². The van der Waals surface area contributed by atoms with Crippen LogP contribution in [-0.2, 0) is 16.1 Å². The zero-order valence-corrected chi connectivity index (χ0v) is 8.56. The van der Waals surface area contributed by atoms with E-state index in [0.29, 0.717) is 13.2 Å². The molecule has 0 saturated heterocycles. The van der Waals surface area contributed by atoms with Gasteiger partial charge in [0.15, 0.2) is 5.78 Å². The van der Waals surface area contributed by atoms with Crippen molar-refractivity contribution in [3.63, 3.8) is 0 Å². The van der Waals surface area contributed by atoms with Gasteiger partial charge in [-0.1, -0.05) is 36.4 Å². The summed E-state index contributed by atoms with van der Waals surface area (Å²) in [6.45, 7) is 1.12. The molecule has 0 heterocycles. The van der Waals surface area contributed by atoms with Crippen LogP contribution in [0.4, 0.5) is 0 Å². The molecule has 0 N–H and O–H groups in total. The summed E-state index contributed by atoms with van der Waals surface area (Å²) < 4.78 is 5.51. The first-order valence-electron chi connectivity index (χ1n) is 5.18. The van der Waals surface area contributed by atoms with Gasteiger partial charge >= 0.3 is 0 Å². The van der Waals surface area contributed by atoms with Crippen molar-refractivity contribution < 1.29 is 9.53 Å². The lowest BCUT2D eigenvalue weighted by Crippen LogP contribution is -2.14. The smallest absolute Gasteiger partial charge is 0.161 e. The largest absolute Gasteiger partial charge is 0.376 e. The Bertz CT molecular complexity index is 354. The van der Waals surface area contributed by atoms with E-state index in [-0.39, 0.29) is 11.7 Å². The predicted octanol–water partition coefficient (Wildman–Crippen LogP) is 2.35. The lowest BCUT2D eigenvalue weighted by atomic mass is 10.1. The Kier molecular flexibility index (Phi) is 3.30. The van der Waals surface area contributed by atoms with Crippen LogP contribution in [0.1, 0.15) is 12.0 Å². The highest BCUT2D eigenvalue weighted by Crippen LogP contribution is 2.15. The minimum Gasteiger partial charge on any atom is -0.376 e. The molecule has 1 aliphatic carbocycles. The Labute approximate surface area is 89.6 Å². The number of allylic oxidation sites excluding steroid dienone is 2. The lowest BCUT2D eigenvalue weighted by molar-refractivity contribution is -0.119. The highest BCUT2D eigenvalue weighted by atomic mass is 16.5. The Balaban J connectivity index is 1.74. The van der Waals surface area contributed by atoms with Crippen LogP contribution in [0.25, 0.3) is 0 Å². The Morgan fingerprint density at radius 3 is 2.73 bits per heavy atom.